The average molecular weight is 324 g/mol. The molecule has 0 radical (unpaired) electrons. The Hall–Kier alpha value is -3.28. The van der Waals surface area contributed by atoms with Gasteiger partial charge >= 0.3 is 5.97 Å². The Labute approximate surface area is 136 Å². The molecular weight excluding hydrogens is 311 g/mol. The minimum absolute atomic E-state index is 0.0121. The van der Waals surface area contributed by atoms with E-state index in [0.717, 1.165) is 0 Å². The highest BCUT2D eigenvalue weighted by Crippen LogP contribution is 2.21. The zero-order chi connectivity index (χ0) is 17.1. The van der Waals surface area contributed by atoms with E-state index in [-0.39, 0.29) is 22.8 Å². The van der Waals surface area contributed by atoms with E-state index in [0.29, 0.717) is 16.5 Å². The number of aromatic nitrogens is 1. The first-order chi connectivity index (χ1) is 11.6. The zero-order valence-corrected chi connectivity index (χ0v) is 12.5. The van der Waals surface area contributed by atoms with E-state index in [2.05, 4.69) is 4.98 Å². The van der Waals surface area contributed by atoms with E-state index >= 15 is 0 Å². The van der Waals surface area contributed by atoms with Crippen molar-refractivity contribution >= 4 is 22.8 Å². The van der Waals surface area contributed by atoms with E-state index in [1.54, 1.807) is 30.3 Å². The van der Waals surface area contributed by atoms with Gasteiger partial charge in [-0.05, 0) is 29.8 Å². The molecule has 0 aliphatic rings. The van der Waals surface area contributed by atoms with Gasteiger partial charge in [-0.15, -0.1) is 0 Å². The number of halogens is 1. The highest BCUT2D eigenvalue weighted by Gasteiger charge is 2.19. The van der Waals surface area contributed by atoms with Crippen LogP contribution in [0, 0.1) is 0 Å². The van der Waals surface area contributed by atoms with Crippen LogP contribution in [0.25, 0.3) is 10.9 Å². The Kier molecular flexibility index (Phi) is 4.20. The van der Waals surface area contributed by atoms with E-state index in [4.69, 9.17) is 5.11 Å². The van der Waals surface area contributed by atoms with Crippen molar-refractivity contribution in [1.82, 2.24) is 10.1 Å². The van der Waals surface area contributed by atoms with Crippen molar-refractivity contribution in [3.8, 4) is 0 Å². The lowest BCUT2D eigenvalue weighted by atomic mass is 10.1. The third kappa shape index (κ3) is 3.08. The summed E-state index contributed by atoms with van der Waals surface area (Å²) in [5.74, 6) is -1.96. The van der Waals surface area contributed by atoms with Crippen LogP contribution >= 0.6 is 0 Å². The number of amides is 1. The second-order valence-electron chi connectivity index (χ2n) is 5.21. The Bertz CT molecular complexity index is 913. The molecule has 1 amide bonds. The van der Waals surface area contributed by atoms with Gasteiger partial charge in [0.15, 0.2) is 0 Å². The van der Waals surface area contributed by atoms with Crippen molar-refractivity contribution < 1.29 is 19.2 Å². The summed E-state index contributed by atoms with van der Waals surface area (Å²) in [5, 5.41) is 9.50. The first kappa shape index (κ1) is 15.6. The lowest BCUT2D eigenvalue weighted by Gasteiger charge is -2.13. The highest BCUT2D eigenvalue weighted by molar-refractivity contribution is 6.07. The number of carbonyl (C=O) groups excluding carboxylic acids is 1. The number of hydrogen-bond acceptors (Lipinski definition) is 3. The van der Waals surface area contributed by atoms with Gasteiger partial charge in [0.1, 0.15) is 0 Å². The molecule has 1 N–H and O–H groups in total. The first-order valence-electron chi connectivity index (χ1n) is 7.20. The molecule has 120 valence electrons. The molecule has 0 spiro atoms. The van der Waals surface area contributed by atoms with Crippen molar-refractivity contribution in [3.05, 3.63) is 77.5 Å². The molecule has 1 aromatic heterocycles. The van der Waals surface area contributed by atoms with Gasteiger partial charge in [-0.3, -0.25) is 9.78 Å². The molecule has 0 atom stereocenters. The van der Waals surface area contributed by atoms with Gasteiger partial charge in [-0.1, -0.05) is 34.8 Å². The van der Waals surface area contributed by atoms with Crippen LogP contribution in [0.2, 0.25) is 0 Å². The van der Waals surface area contributed by atoms with E-state index < -0.39 is 11.9 Å². The highest BCUT2D eigenvalue weighted by atomic mass is 19.2. The molecule has 0 bridgehead atoms. The molecule has 6 heteroatoms. The summed E-state index contributed by atoms with van der Waals surface area (Å²) in [6, 6.07) is 14.3. The second-order valence-corrected chi connectivity index (χ2v) is 5.21. The number of carbonyl (C=O) groups is 2. The molecule has 24 heavy (non-hydrogen) atoms. The summed E-state index contributed by atoms with van der Waals surface area (Å²) in [6.45, 7) is -0.192. The minimum atomic E-state index is -1.12. The molecule has 3 rings (SSSR count). The van der Waals surface area contributed by atoms with Gasteiger partial charge in [0.05, 0.1) is 23.2 Å². The molecule has 0 saturated heterocycles. The Balaban J connectivity index is 1.97. The molecule has 1 heterocycles. The van der Waals surface area contributed by atoms with Crippen molar-refractivity contribution in [3.63, 3.8) is 0 Å². The smallest absolute Gasteiger partial charge is 0.335 e. The van der Waals surface area contributed by atoms with Crippen LogP contribution in [-0.2, 0) is 6.54 Å². The monoisotopic (exact) mass is 324 g/mol. The number of fused-ring (bicyclic) bond motifs is 1. The first-order valence-corrected chi connectivity index (χ1v) is 7.20. The number of carboxylic acids is 1. The van der Waals surface area contributed by atoms with Gasteiger partial charge in [0.2, 0.25) is 0 Å². The largest absolute Gasteiger partial charge is 0.478 e. The molecular formula is C18H13FN2O3. The van der Waals surface area contributed by atoms with Gasteiger partial charge in [0, 0.05) is 11.6 Å². The fourth-order valence-electron chi connectivity index (χ4n) is 2.41. The Morgan fingerprint density at radius 2 is 1.83 bits per heavy atom. The fraction of sp³-hybridized carbons (Fsp3) is 0.0556. The van der Waals surface area contributed by atoms with E-state index in [1.165, 1.54) is 30.5 Å². The van der Waals surface area contributed by atoms with Crippen LogP contribution in [0.15, 0.2) is 60.8 Å². The summed E-state index contributed by atoms with van der Waals surface area (Å²) in [7, 11) is 0. The van der Waals surface area contributed by atoms with Crippen molar-refractivity contribution in [2.75, 3.05) is 0 Å². The average Bonchev–Trinajstić information content (AvgIpc) is 2.60. The van der Waals surface area contributed by atoms with Crippen LogP contribution in [-0.4, -0.2) is 27.1 Å². The number of pyridine rings is 1. The van der Waals surface area contributed by atoms with Gasteiger partial charge in [-0.25, -0.2) is 4.79 Å². The standard InChI is InChI=1S/C18H13FN2O3/c19-21(11-12-4-2-1-3-5-12)17(22)14-8-9-20-16-7-6-13(18(23)24)10-15(14)16/h1-10H,11H2,(H,23,24). The van der Waals surface area contributed by atoms with Gasteiger partial charge in [-0.2, -0.15) is 5.12 Å². The summed E-state index contributed by atoms with van der Waals surface area (Å²) in [6.07, 6.45) is 1.40. The van der Waals surface area contributed by atoms with Crippen molar-refractivity contribution in [2.24, 2.45) is 0 Å². The number of nitrogens with zero attached hydrogens (tertiary/aromatic N) is 2. The maximum Gasteiger partial charge on any atom is 0.335 e. The second kappa shape index (κ2) is 6.45. The molecule has 0 aliphatic carbocycles. The number of hydrogen-bond donors (Lipinski definition) is 1. The maximum atomic E-state index is 14.3. The van der Waals surface area contributed by atoms with Gasteiger partial charge in [0.25, 0.3) is 5.91 Å². The maximum absolute atomic E-state index is 14.3. The van der Waals surface area contributed by atoms with E-state index in [9.17, 15) is 14.1 Å². The Morgan fingerprint density at radius 1 is 1.08 bits per heavy atom. The number of aromatic carboxylic acids is 1. The summed E-state index contributed by atoms with van der Waals surface area (Å²) in [5.41, 5.74) is 1.16. The predicted molar refractivity (Wildman–Crippen MR) is 86.1 cm³/mol. The van der Waals surface area contributed by atoms with Crippen molar-refractivity contribution in [1.29, 1.82) is 0 Å². The van der Waals surface area contributed by atoms with Crippen LogP contribution in [0.5, 0.6) is 0 Å². The molecule has 0 aliphatic heterocycles. The molecule has 0 fully saturated rings. The fourth-order valence-corrected chi connectivity index (χ4v) is 2.41. The third-order valence-electron chi connectivity index (χ3n) is 3.60. The SMILES string of the molecule is O=C(O)c1ccc2nccc(C(=O)N(F)Cc3ccccc3)c2c1. The van der Waals surface area contributed by atoms with Crippen LogP contribution in [0.1, 0.15) is 26.3 Å². The molecule has 3 aromatic rings. The quantitative estimate of drug-likeness (QED) is 0.746. The number of benzene rings is 2. The van der Waals surface area contributed by atoms with Crippen LogP contribution in [0.3, 0.4) is 0 Å². The molecule has 0 saturated carbocycles. The van der Waals surface area contributed by atoms with Crippen LogP contribution < -0.4 is 0 Å². The molecule has 0 unspecified atom stereocenters. The van der Waals surface area contributed by atoms with E-state index in [1.807, 2.05) is 0 Å². The van der Waals surface area contributed by atoms with Crippen molar-refractivity contribution in [2.45, 2.75) is 6.54 Å². The lowest BCUT2D eigenvalue weighted by Crippen LogP contribution is -2.22. The normalized spacial score (nSPS) is 10.5. The number of carboxylic acid groups (broad SMARTS) is 1. The summed E-state index contributed by atoms with van der Waals surface area (Å²) < 4.78 is 14.3. The predicted octanol–water partition coefficient (Wildman–Crippen LogP) is 3.46. The Morgan fingerprint density at radius 3 is 2.54 bits per heavy atom. The van der Waals surface area contributed by atoms with Gasteiger partial charge < -0.3 is 5.11 Å². The summed E-state index contributed by atoms with van der Waals surface area (Å²) >= 11 is 0. The minimum Gasteiger partial charge on any atom is -0.478 e. The molecule has 5 nitrogen and oxygen atoms in total. The number of rotatable bonds is 4. The molecule has 2 aromatic carbocycles. The summed E-state index contributed by atoms with van der Waals surface area (Å²) in [4.78, 5) is 27.6. The third-order valence-corrected chi connectivity index (χ3v) is 3.60. The van der Waals surface area contributed by atoms with Crippen LogP contribution in [0.4, 0.5) is 4.48 Å². The topological polar surface area (TPSA) is 70.5 Å². The lowest BCUT2D eigenvalue weighted by molar-refractivity contribution is 0.0150. The zero-order valence-electron chi connectivity index (χ0n) is 12.5.